The van der Waals surface area contributed by atoms with Crippen LogP contribution in [-0.4, -0.2) is 31.4 Å². The number of carbonyl (C=O) groups excluding carboxylic acids is 2. The zero-order valence-corrected chi connectivity index (χ0v) is 20.0. The molecule has 4 aromatic rings. The van der Waals surface area contributed by atoms with Crippen molar-refractivity contribution < 1.29 is 14.0 Å². The quantitative estimate of drug-likeness (QED) is 0.393. The summed E-state index contributed by atoms with van der Waals surface area (Å²) >= 11 is 3.54. The number of halogens is 1. The van der Waals surface area contributed by atoms with Crippen molar-refractivity contribution in [2.24, 2.45) is 7.05 Å². The molecule has 170 valence electrons. The van der Waals surface area contributed by atoms with Crippen molar-refractivity contribution in [1.82, 2.24) is 24.9 Å². The molecule has 0 bridgehead atoms. The molecule has 0 spiro atoms. The highest BCUT2D eigenvalue weighted by Crippen LogP contribution is 2.21. The first-order chi connectivity index (χ1) is 15.8. The smallest absolute Gasteiger partial charge is 0.274 e. The fourth-order valence-corrected chi connectivity index (χ4v) is 3.65. The Labute approximate surface area is 198 Å². The summed E-state index contributed by atoms with van der Waals surface area (Å²) in [5.41, 5.74) is 3.93. The van der Waals surface area contributed by atoms with Crippen LogP contribution in [0.5, 0.6) is 0 Å². The molecular formula is C23H23BrN6O3. The normalized spacial score (nSPS) is 10.9. The van der Waals surface area contributed by atoms with Gasteiger partial charge in [0.2, 0.25) is 0 Å². The van der Waals surface area contributed by atoms with Crippen LogP contribution < -0.4 is 10.6 Å². The number of nitrogens with one attached hydrogen (secondary N) is 2. The van der Waals surface area contributed by atoms with E-state index in [-0.39, 0.29) is 18.1 Å². The second-order valence-electron chi connectivity index (χ2n) is 7.62. The molecule has 3 aromatic heterocycles. The number of rotatable bonds is 7. The van der Waals surface area contributed by atoms with E-state index < -0.39 is 5.91 Å². The first kappa shape index (κ1) is 22.5. The van der Waals surface area contributed by atoms with Gasteiger partial charge in [-0.05, 0) is 59.6 Å². The van der Waals surface area contributed by atoms with Gasteiger partial charge in [-0.2, -0.15) is 10.2 Å². The van der Waals surface area contributed by atoms with Gasteiger partial charge in [0.15, 0.2) is 5.69 Å². The van der Waals surface area contributed by atoms with Gasteiger partial charge in [-0.1, -0.05) is 12.1 Å². The summed E-state index contributed by atoms with van der Waals surface area (Å²) < 4.78 is 9.61. The van der Waals surface area contributed by atoms with Gasteiger partial charge in [-0.3, -0.25) is 19.0 Å². The minimum absolute atomic E-state index is 0.129. The monoisotopic (exact) mass is 510 g/mol. The van der Waals surface area contributed by atoms with Crippen LogP contribution in [0.15, 0.2) is 57.7 Å². The summed E-state index contributed by atoms with van der Waals surface area (Å²) in [4.78, 5) is 25.4. The molecule has 0 fully saturated rings. The Morgan fingerprint density at radius 1 is 1.09 bits per heavy atom. The highest BCUT2D eigenvalue weighted by atomic mass is 79.9. The minimum atomic E-state index is -0.409. The highest BCUT2D eigenvalue weighted by Gasteiger charge is 2.19. The van der Waals surface area contributed by atoms with Crippen LogP contribution >= 0.6 is 15.9 Å². The molecule has 0 radical (unpaired) electrons. The summed E-state index contributed by atoms with van der Waals surface area (Å²) in [6.45, 7) is 4.78. The minimum Gasteiger partial charge on any atom is -0.467 e. The van der Waals surface area contributed by atoms with Gasteiger partial charge in [0, 0.05) is 18.8 Å². The molecule has 10 heteroatoms. The van der Waals surface area contributed by atoms with Crippen LogP contribution in [0, 0.1) is 13.8 Å². The zero-order chi connectivity index (χ0) is 23.5. The maximum absolute atomic E-state index is 12.8. The number of aryl methyl sites for hydroxylation is 2. The second kappa shape index (κ2) is 9.45. The van der Waals surface area contributed by atoms with Gasteiger partial charge in [0.1, 0.15) is 5.76 Å². The Kier molecular flexibility index (Phi) is 6.45. The molecule has 0 atom stereocenters. The number of anilines is 1. The predicted octanol–water partition coefficient (Wildman–Crippen LogP) is 3.82. The van der Waals surface area contributed by atoms with Crippen LogP contribution in [0.1, 0.15) is 43.6 Å². The molecular weight excluding hydrogens is 488 g/mol. The molecule has 0 aliphatic carbocycles. The summed E-state index contributed by atoms with van der Waals surface area (Å²) in [6.07, 6.45) is 3.13. The third kappa shape index (κ3) is 5.06. The van der Waals surface area contributed by atoms with Crippen LogP contribution in [0.4, 0.5) is 5.69 Å². The van der Waals surface area contributed by atoms with E-state index >= 15 is 0 Å². The number of hydrogen-bond donors (Lipinski definition) is 2. The lowest BCUT2D eigenvalue weighted by Crippen LogP contribution is -2.25. The summed E-state index contributed by atoms with van der Waals surface area (Å²) in [6, 6.07) is 10.8. The molecule has 33 heavy (non-hydrogen) atoms. The van der Waals surface area contributed by atoms with E-state index in [1.54, 1.807) is 37.5 Å². The van der Waals surface area contributed by atoms with Gasteiger partial charge in [-0.25, -0.2) is 0 Å². The fourth-order valence-electron chi connectivity index (χ4n) is 3.37. The molecule has 4 rings (SSSR count). The van der Waals surface area contributed by atoms with Crippen LogP contribution in [-0.2, 0) is 20.1 Å². The standard InChI is InChI=1S/C23H23BrN6O3/c1-14-20(24)15(2)30(27-14)12-16-6-8-17(9-7-16)22(31)26-19-13-29(3)28-21(19)23(32)25-11-18-5-4-10-33-18/h4-10,13H,11-12H2,1-3H3,(H,25,32)(H,26,31). The predicted molar refractivity (Wildman–Crippen MR) is 126 cm³/mol. The Morgan fingerprint density at radius 3 is 2.48 bits per heavy atom. The second-order valence-corrected chi connectivity index (χ2v) is 8.41. The summed E-state index contributed by atoms with van der Waals surface area (Å²) in [5.74, 6) is -0.116. The van der Waals surface area contributed by atoms with Gasteiger partial charge in [0.25, 0.3) is 11.8 Å². The van der Waals surface area contributed by atoms with Gasteiger partial charge in [-0.15, -0.1) is 0 Å². The first-order valence-corrected chi connectivity index (χ1v) is 11.0. The fraction of sp³-hybridized carbons (Fsp3) is 0.217. The molecule has 2 N–H and O–H groups in total. The van der Waals surface area contributed by atoms with Crippen molar-refractivity contribution in [2.75, 3.05) is 5.32 Å². The molecule has 9 nitrogen and oxygen atoms in total. The number of hydrogen-bond acceptors (Lipinski definition) is 5. The van der Waals surface area contributed by atoms with Crippen molar-refractivity contribution in [3.8, 4) is 0 Å². The Hall–Kier alpha value is -3.66. The van der Waals surface area contributed by atoms with E-state index in [4.69, 9.17) is 4.42 Å². The average molecular weight is 511 g/mol. The number of carbonyl (C=O) groups is 2. The van der Waals surface area contributed by atoms with Crippen molar-refractivity contribution in [1.29, 1.82) is 0 Å². The Bertz CT molecular complexity index is 1290. The van der Waals surface area contributed by atoms with Crippen molar-refractivity contribution >= 4 is 33.4 Å². The molecule has 0 saturated heterocycles. The Balaban J connectivity index is 1.43. The summed E-state index contributed by atoms with van der Waals surface area (Å²) in [7, 11) is 1.69. The third-order valence-electron chi connectivity index (χ3n) is 5.14. The highest BCUT2D eigenvalue weighted by molar-refractivity contribution is 9.10. The lowest BCUT2D eigenvalue weighted by Gasteiger charge is -2.08. The molecule has 0 aliphatic rings. The SMILES string of the molecule is Cc1nn(Cc2ccc(C(=O)Nc3cn(C)nc3C(=O)NCc3ccco3)cc2)c(C)c1Br. The lowest BCUT2D eigenvalue weighted by molar-refractivity contribution is 0.0943. The number of benzene rings is 1. The van der Waals surface area contributed by atoms with Crippen LogP contribution in [0.2, 0.25) is 0 Å². The molecule has 0 unspecified atom stereocenters. The van der Waals surface area contributed by atoms with Crippen molar-refractivity contribution in [3.05, 3.63) is 87.3 Å². The van der Waals surface area contributed by atoms with E-state index in [1.165, 1.54) is 10.9 Å². The van der Waals surface area contributed by atoms with Gasteiger partial charge in [0.05, 0.1) is 40.9 Å². The van der Waals surface area contributed by atoms with E-state index in [1.807, 2.05) is 30.7 Å². The number of nitrogens with zero attached hydrogens (tertiary/aromatic N) is 4. The maximum Gasteiger partial charge on any atom is 0.274 e. The van der Waals surface area contributed by atoms with Gasteiger partial charge < -0.3 is 15.1 Å². The van der Waals surface area contributed by atoms with Gasteiger partial charge >= 0.3 is 0 Å². The van der Waals surface area contributed by atoms with E-state index in [0.717, 1.165) is 21.4 Å². The van der Waals surface area contributed by atoms with Crippen LogP contribution in [0.25, 0.3) is 0 Å². The number of amides is 2. The molecule has 0 aliphatic heterocycles. The maximum atomic E-state index is 12.8. The molecule has 3 heterocycles. The largest absolute Gasteiger partial charge is 0.467 e. The van der Waals surface area contributed by atoms with Crippen molar-refractivity contribution in [2.45, 2.75) is 26.9 Å². The Morgan fingerprint density at radius 2 is 1.85 bits per heavy atom. The van der Waals surface area contributed by atoms with Crippen LogP contribution in [0.3, 0.4) is 0 Å². The average Bonchev–Trinajstić information content (AvgIpc) is 3.50. The molecule has 2 amide bonds. The molecule has 1 aromatic carbocycles. The third-order valence-corrected chi connectivity index (χ3v) is 6.28. The van der Waals surface area contributed by atoms with E-state index in [0.29, 0.717) is 23.6 Å². The van der Waals surface area contributed by atoms with E-state index in [9.17, 15) is 9.59 Å². The number of furan rings is 1. The topological polar surface area (TPSA) is 107 Å². The molecule has 0 saturated carbocycles. The zero-order valence-electron chi connectivity index (χ0n) is 18.4. The number of aromatic nitrogens is 4. The van der Waals surface area contributed by atoms with Crippen molar-refractivity contribution in [3.63, 3.8) is 0 Å². The summed E-state index contributed by atoms with van der Waals surface area (Å²) in [5, 5.41) is 14.2. The van der Waals surface area contributed by atoms with E-state index in [2.05, 4.69) is 36.8 Å². The lowest BCUT2D eigenvalue weighted by atomic mass is 10.1. The first-order valence-electron chi connectivity index (χ1n) is 10.3.